The van der Waals surface area contributed by atoms with Gasteiger partial charge in [-0.1, -0.05) is 376 Å². The molecule has 2 nitrogen and oxygen atoms in total. The van der Waals surface area contributed by atoms with Crippen molar-refractivity contribution in [2.45, 2.75) is 10.8 Å². The Hall–Kier alpha value is -13.4. The lowest BCUT2D eigenvalue weighted by molar-refractivity contribution is 0.768. The molecule has 0 radical (unpaired) electrons. The zero-order valence-corrected chi connectivity index (χ0v) is 60.0. The van der Waals surface area contributed by atoms with Crippen LogP contribution in [-0.4, -0.2) is 8.07 Å². The fraction of sp³-hybridized carbons (Fsp3) is 0.0192. The Morgan fingerprint density at radius 2 is 0.430 bits per heavy atom. The largest absolute Gasteiger partial charge is 0.310 e. The molecule has 0 bridgehead atoms. The minimum Gasteiger partial charge on any atom is -0.310 e. The molecule has 0 fully saturated rings. The van der Waals surface area contributed by atoms with Gasteiger partial charge in [0.1, 0.15) is 0 Å². The van der Waals surface area contributed by atoms with Crippen LogP contribution in [0.5, 0.6) is 0 Å². The van der Waals surface area contributed by atoms with Crippen molar-refractivity contribution in [3.05, 3.63) is 481 Å². The van der Waals surface area contributed by atoms with Crippen LogP contribution in [0.3, 0.4) is 0 Å². The van der Waals surface area contributed by atoms with Crippen molar-refractivity contribution in [2.75, 3.05) is 9.80 Å². The van der Waals surface area contributed by atoms with Crippen molar-refractivity contribution in [1.29, 1.82) is 0 Å². The summed E-state index contributed by atoms with van der Waals surface area (Å²) in [5, 5.41) is 5.19. The Morgan fingerprint density at radius 3 is 0.776 bits per heavy atom. The molecule has 1 heterocycles. The van der Waals surface area contributed by atoms with Crippen LogP contribution >= 0.6 is 0 Å². The Balaban J connectivity index is 0.879. The SMILES string of the molecule is c1ccc(-c2ccccc2N(c2ccc3c(c2)C(c2ccccc2)(c2ccccc2)c2ccccc2-3)c2ccc3c(c2)[Si](c2ccccc2)(c2ccccc2)c2cc(N(c4ccc5c(c4)C(c4ccccc4)(c4ccccc4)c4ccccc4-5)c4ccccc4-c4ccccc4)ccc2-c2ccccc2-3)cc1. The highest BCUT2D eigenvalue weighted by atomic mass is 28.3. The van der Waals surface area contributed by atoms with Crippen LogP contribution in [0.25, 0.3) is 66.8 Å². The summed E-state index contributed by atoms with van der Waals surface area (Å²) in [7, 11) is -3.63. The van der Waals surface area contributed by atoms with Crippen LogP contribution in [0.4, 0.5) is 34.1 Å². The van der Waals surface area contributed by atoms with Crippen molar-refractivity contribution in [2.24, 2.45) is 0 Å². The minimum atomic E-state index is -3.63. The van der Waals surface area contributed by atoms with Gasteiger partial charge in [0.2, 0.25) is 0 Å². The van der Waals surface area contributed by atoms with E-state index in [1.54, 1.807) is 0 Å². The molecule has 0 saturated carbocycles. The molecule has 0 spiro atoms. The molecule has 2 aliphatic carbocycles. The third kappa shape index (κ3) is 9.85. The normalized spacial score (nSPS) is 13.5. The lowest BCUT2D eigenvalue weighted by atomic mass is 9.67. The molecule has 20 rings (SSSR count). The van der Waals surface area contributed by atoms with E-state index >= 15 is 0 Å². The molecule has 0 saturated heterocycles. The van der Waals surface area contributed by atoms with Gasteiger partial charge in [0, 0.05) is 33.9 Å². The van der Waals surface area contributed by atoms with Crippen LogP contribution < -0.4 is 30.5 Å². The summed E-state index contributed by atoms with van der Waals surface area (Å²) in [6.45, 7) is 0. The van der Waals surface area contributed by atoms with E-state index in [0.717, 1.165) is 56.4 Å². The lowest BCUT2D eigenvalue weighted by Gasteiger charge is -2.38. The van der Waals surface area contributed by atoms with E-state index in [2.05, 4.69) is 447 Å². The maximum absolute atomic E-state index is 3.63. The smallest absolute Gasteiger partial charge is 0.181 e. The Morgan fingerprint density at radius 1 is 0.178 bits per heavy atom. The van der Waals surface area contributed by atoms with Crippen LogP contribution in [0.1, 0.15) is 44.5 Å². The molecule has 0 atom stereocenters. The van der Waals surface area contributed by atoms with Crippen molar-refractivity contribution < 1.29 is 0 Å². The number of fused-ring (bicyclic) bond motifs is 11. The third-order valence-corrected chi connectivity index (χ3v) is 28.0. The summed E-state index contributed by atoms with van der Waals surface area (Å²) in [4.78, 5) is 5.16. The summed E-state index contributed by atoms with van der Waals surface area (Å²) in [6, 6.07) is 165. The summed E-state index contributed by atoms with van der Waals surface area (Å²) in [5.41, 5.74) is 29.5. The number of benzene rings is 17. The first-order valence-corrected chi connectivity index (χ1v) is 39.2. The molecule has 0 N–H and O–H groups in total. The Labute approximate surface area is 627 Å². The number of rotatable bonds is 14. The van der Waals surface area contributed by atoms with Gasteiger partial charge in [0.15, 0.2) is 8.07 Å². The topological polar surface area (TPSA) is 6.48 Å². The van der Waals surface area contributed by atoms with Crippen molar-refractivity contribution in [3.8, 4) is 66.8 Å². The molecule has 3 heteroatoms. The standard InChI is InChI=1S/C104H72N2Si/c1-9-35-73(36-10-1)85-51-29-33-59-99(85)105(79-61-65-91-89-55-27-31-57-95(89)103(97(91)69-79,75-39-13-3-14-40-75)76-41-15-4-16-42-76)81-63-67-93-87-53-25-26-54-88(87)94-68-64-82(72-102(94)107(101(93)71-81,83-47-21-7-22-48-83)84-49-23-8-24-50-84)106(100-60-34-30-52-86(100)74-37-11-2-12-38-74)80-62-66-92-90-56-28-32-58-96(90)104(98(92)70-80,77-43-17-5-18-44-77)78-45-19-6-20-46-78/h1-72H. The summed E-state index contributed by atoms with van der Waals surface area (Å²) in [6.07, 6.45) is 0. The molecule has 0 aromatic heterocycles. The molecule has 17 aromatic rings. The minimum absolute atomic E-state index is 0.635. The van der Waals surface area contributed by atoms with Crippen LogP contribution in [0.15, 0.2) is 437 Å². The molecule has 3 aliphatic rings. The second-order valence-corrected chi connectivity index (χ2v) is 32.2. The van der Waals surface area contributed by atoms with E-state index in [9.17, 15) is 0 Å². The van der Waals surface area contributed by atoms with Gasteiger partial charge in [0.05, 0.1) is 22.2 Å². The third-order valence-electron chi connectivity index (χ3n) is 23.1. The predicted octanol–water partition coefficient (Wildman–Crippen LogP) is 23.7. The molecule has 0 unspecified atom stereocenters. The highest BCUT2D eigenvalue weighted by molar-refractivity contribution is 7.21. The zero-order chi connectivity index (χ0) is 70.9. The van der Waals surface area contributed by atoms with Crippen LogP contribution in [0.2, 0.25) is 0 Å². The number of hydrogen-bond donors (Lipinski definition) is 0. The van der Waals surface area contributed by atoms with Gasteiger partial charge in [-0.05, 0) is 182 Å². The maximum atomic E-state index is 2.62. The van der Waals surface area contributed by atoms with Gasteiger partial charge >= 0.3 is 0 Å². The van der Waals surface area contributed by atoms with Gasteiger partial charge in [-0.3, -0.25) is 0 Å². The van der Waals surface area contributed by atoms with Crippen molar-refractivity contribution in [1.82, 2.24) is 0 Å². The van der Waals surface area contributed by atoms with E-state index in [0.29, 0.717) is 0 Å². The van der Waals surface area contributed by atoms with E-state index < -0.39 is 18.9 Å². The van der Waals surface area contributed by atoms with Gasteiger partial charge < -0.3 is 9.80 Å². The first kappa shape index (κ1) is 63.3. The molecular formula is C104H72N2Si. The van der Waals surface area contributed by atoms with E-state index in [1.807, 2.05) is 0 Å². The van der Waals surface area contributed by atoms with Gasteiger partial charge in [-0.2, -0.15) is 0 Å². The lowest BCUT2D eigenvalue weighted by Crippen LogP contribution is -2.75. The van der Waals surface area contributed by atoms with Gasteiger partial charge in [0.25, 0.3) is 0 Å². The fourth-order valence-electron chi connectivity index (χ4n) is 18.8. The maximum Gasteiger partial charge on any atom is 0.181 e. The van der Waals surface area contributed by atoms with E-state index in [-0.39, 0.29) is 0 Å². The molecule has 17 aromatic carbocycles. The fourth-order valence-corrected chi connectivity index (χ4v) is 24.0. The highest BCUT2D eigenvalue weighted by Gasteiger charge is 2.50. The highest BCUT2D eigenvalue weighted by Crippen LogP contribution is 2.60. The van der Waals surface area contributed by atoms with Crippen LogP contribution in [0, 0.1) is 0 Å². The molecular weight excluding hydrogens is 1310 g/mol. The summed E-state index contributed by atoms with van der Waals surface area (Å²) in [5.74, 6) is 0. The number of para-hydroxylation sites is 2. The Bertz CT molecular complexity index is 5720. The van der Waals surface area contributed by atoms with E-state index in [1.165, 1.54) is 110 Å². The second kappa shape index (κ2) is 26.1. The number of nitrogens with zero attached hydrogens (tertiary/aromatic N) is 2. The average Bonchev–Trinajstić information content (AvgIpc) is 1.60. The molecule has 1 aliphatic heterocycles. The molecule has 0 amide bonds. The Kier molecular flexibility index (Phi) is 15.4. The number of anilines is 6. The zero-order valence-electron chi connectivity index (χ0n) is 59.0. The first-order valence-electron chi connectivity index (χ1n) is 37.2. The quantitative estimate of drug-likeness (QED) is 0.100. The van der Waals surface area contributed by atoms with Crippen LogP contribution in [-0.2, 0) is 10.8 Å². The van der Waals surface area contributed by atoms with Crippen molar-refractivity contribution in [3.63, 3.8) is 0 Å². The second-order valence-electron chi connectivity index (χ2n) is 28.4. The number of hydrogen-bond acceptors (Lipinski definition) is 2. The summed E-state index contributed by atoms with van der Waals surface area (Å²) < 4.78 is 0. The van der Waals surface area contributed by atoms with Gasteiger partial charge in [-0.15, -0.1) is 0 Å². The van der Waals surface area contributed by atoms with E-state index in [4.69, 9.17) is 0 Å². The monoisotopic (exact) mass is 1380 g/mol. The molecule has 107 heavy (non-hydrogen) atoms. The van der Waals surface area contributed by atoms with Crippen molar-refractivity contribution >= 4 is 62.9 Å². The average molecular weight is 1380 g/mol. The predicted molar refractivity (Wildman–Crippen MR) is 449 cm³/mol. The first-order chi connectivity index (χ1) is 53.1. The summed E-state index contributed by atoms with van der Waals surface area (Å²) >= 11 is 0. The molecule has 502 valence electrons. The van der Waals surface area contributed by atoms with Gasteiger partial charge in [-0.25, -0.2) is 0 Å².